The van der Waals surface area contributed by atoms with Gasteiger partial charge in [0.1, 0.15) is 18.0 Å². The summed E-state index contributed by atoms with van der Waals surface area (Å²) in [7, 11) is 1.59. The average Bonchev–Trinajstić information content (AvgIpc) is 3.32. The maximum atomic E-state index is 12.3. The molecule has 3 aromatic rings. The van der Waals surface area contributed by atoms with E-state index < -0.39 is 17.7 Å². The smallest absolute Gasteiger partial charge is 0.262 e. The fraction of sp³-hybridized carbons (Fsp3) is 0.143. The van der Waals surface area contributed by atoms with Gasteiger partial charge in [0, 0.05) is 11.6 Å². The predicted octanol–water partition coefficient (Wildman–Crippen LogP) is 2.26. The molecule has 0 saturated heterocycles. The number of rotatable bonds is 6. The number of hydrogen-bond acceptors (Lipinski definition) is 6. The maximum absolute atomic E-state index is 12.3. The molecular formula is C21H17N3O5. The molecule has 2 aromatic carbocycles. The van der Waals surface area contributed by atoms with E-state index in [1.807, 2.05) is 12.1 Å². The normalized spacial score (nSPS) is 12.8. The summed E-state index contributed by atoms with van der Waals surface area (Å²) in [5, 5.41) is 6.58. The minimum Gasteiger partial charge on any atom is -0.497 e. The molecule has 1 aliphatic heterocycles. The molecule has 29 heavy (non-hydrogen) atoms. The molecule has 1 aromatic heterocycles. The van der Waals surface area contributed by atoms with Crippen molar-refractivity contribution in [2.45, 2.75) is 6.54 Å². The van der Waals surface area contributed by atoms with E-state index in [0.29, 0.717) is 22.6 Å². The van der Waals surface area contributed by atoms with Gasteiger partial charge < -0.3 is 14.6 Å². The monoisotopic (exact) mass is 391 g/mol. The SMILES string of the molecule is COc1ccc(-c2cc(CNC(=O)CN3C(=O)c4ccccc4C3=O)no2)cc1. The van der Waals surface area contributed by atoms with E-state index in [0.717, 1.165) is 16.2 Å². The van der Waals surface area contributed by atoms with Crippen LogP contribution in [0.15, 0.2) is 59.1 Å². The molecule has 0 radical (unpaired) electrons. The number of methoxy groups -OCH3 is 1. The number of ether oxygens (including phenoxy) is 1. The molecule has 1 N–H and O–H groups in total. The zero-order valence-corrected chi connectivity index (χ0v) is 15.5. The summed E-state index contributed by atoms with van der Waals surface area (Å²) in [4.78, 5) is 37.8. The minimum absolute atomic E-state index is 0.113. The minimum atomic E-state index is -0.469. The quantitative estimate of drug-likeness (QED) is 0.647. The number of carbonyl (C=O) groups excluding carboxylic acids is 3. The van der Waals surface area contributed by atoms with Crippen molar-refractivity contribution < 1.29 is 23.6 Å². The zero-order valence-electron chi connectivity index (χ0n) is 15.5. The molecule has 8 nitrogen and oxygen atoms in total. The maximum Gasteiger partial charge on any atom is 0.262 e. The van der Waals surface area contributed by atoms with Crippen LogP contribution in [0.25, 0.3) is 11.3 Å². The van der Waals surface area contributed by atoms with Crippen molar-refractivity contribution in [3.8, 4) is 17.1 Å². The van der Waals surface area contributed by atoms with Crippen LogP contribution in [0.3, 0.4) is 0 Å². The Kier molecular flexibility index (Phi) is 4.82. The summed E-state index contributed by atoms with van der Waals surface area (Å²) in [6, 6.07) is 15.5. The Bertz CT molecular complexity index is 1050. The van der Waals surface area contributed by atoms with Crippen LogP contribution in [0, 0.1) is 0 Å². The number of nitrogens with zero attached hydrogens (tertiary/aromatic N) is 2. The number of amides is 3. The third kappa shape index (κ3) is 3.60. The van der Waals surface area contributed by atoms with Gasteiger partial charge in [-0.3, -0.25) is 19.3 Å². The van der Waals surface area contributed by atoms with Gasteiger partial charge in [-0.1, -0.05) is 17.3 Å². The average molecular weight is 391 g/mol. The van der Waals surface area contributed by atoms with Crippen molar-refractivity contribution in [2.24, 2.45) is 0 Å². The molecular weight excluding hydrogens is 374 g/mol. The van der Waals surface area contributed by atoms with Gasteiger partial charge in [-0.15, -0.1) is 0 Å². The highest BCUT2D eigenvalue weighted by atomic mass is 16.5. The lowest BCUT2D eigenvalue weighted by atomic mass is 10.1. The van der Waals surface area contributed by atoms with Crippen LogP contribution in [0.1, 0.15) is 26.4 Å². The van der Waals surface area contributed by atoms with Crippen LogP contribution in [0.4, 0.5) is 0 Å². The second-order valence-corrected chi connectivity index (χ2v) is 6.43. The van der Waals surface area contributed by atoms with Crippen molar-refractivity contribution in [3.05, 3.63) is 71.4 Å². The number of imide groups is 1. The summed E-state index contributed by atoms with van der Waals surface area (Å²) in [6.07, 6.45) is 0. The summed E-state index contributed by atoms with van der Waals surface area (Å²) in [5.41, 5.74) is 1.96. The first-order valence-electron chi connectivity index (χ1n) is 8.89. The number of aromatic nitrogens is 1. The van der Waals surface area contributed by atoms with E-state index in [2.05, 4.69) is 10.5 Å². The summed E-state index contributed by atoms with van der Waals surface area (Å²) >= 11 is 0. The van der Waals surface area contributed by atoms with Crippen LogP contribution in [-0.2, 0) is 11.3 Å². The van der Waals surface area contributed by atoms with Gasteiger partial charge in [0.25, 0.3) is 11.8 Å². The lowest BCUT2D eigenvalue weighted by molar-refractivity contribution is -0.121. The summed E-state index contributed by atoms with van der Waals surface area (Å²) in [5.74, 6) is -0.118. The summed E-state index contributed by atoms with van der Waals surface area (Å²) < 4.78 is 10.4. The first-order chi connectivity index (χ1) is 14.1. The first kappa shape index (κ1) is 18.4. The second-order valence-electron chi connectivity index (χ2n) is 6.43. The topological polar surface area (TPSA) is 102 Å². The molecule has 146 valence electrons. The molecule has 8 heteroatoms. The Balaban J connectivity index is 1.35. The highest BCUT2D eigenvalue weighted by Crippen LogP contribution is 2.23. The Labute approximate surface area is 166 Å². The number of carbonyl (C=O) groups is 3. The van der Waals surface area contributed by atoms with Gasteiger partial charge in [-0.25, -0.2) is 0 Å². The second kappa shape index (κ2) is 7.59. The van der Waals surface area contributed by atoms with E-state index in [1.165, 1.54) is 0 Å². The summed E-state index contributed by atoms with van der Waals surface area (Å²) in [6.45, 7) is -0.239. The van der Waals surface area contributed by atoms with E-state index >= 15 is 0 Å². The molecule has 4 rings (SSSR count). The number of benzene rings is 2. The highest BCUT2D eigenvalue weighted by molar-refractivity contribution is 6.22. The third-order valence-corrected chi connectivity index (χ3v) is 4.58. The number of fused-ring (bicyclic) bond motifs is 1. The molecule has 0 atom stereocenters. The number of nitrogens with one attached hydrogen (secondary N) is 1. The van der Waals surface area contributed by atoms with E-state index in [-0.39, 0.29) is 13.1 Å². The van der Waals surface area contributed by atoms with E-state index in [1.54, 1.807) is 49.6 Å². The van der Waals surface area contributed by atoms with Gasteiger partial charge in [0.05, 0.1) is 24.8 Å². The Morgan fingerprint density at radius 2 is 1.72 bits per heavy atom. The fourth-order valence-electron chi connectivity index (χ4n) is 3.06. The van der Waals surface area contributed by atoms with Crippen LogP contribution in [-0.4, -0.2) is 41.4 Å². The van der Waals surface area contributed by atoms with Crippen LogP contribution in [0.5, 0.6) is 5.75 Å². The van der Waals surface area contributed by atoms with Crippen molar-refractivity contribution >= 4 is 17.7 Å². The van der Waals surface area contributed by atoms with E-state index in [9.17, 15) is 14.4 Å². The molecule has 0 fully saturated rings. The third-order valence-electron chi connectivity index (χ3n) is 4.58. The molecule has 3 amide bonds. The Hall–Kier alpha value is -3.94. The highest BCUT2D eigenvalue weighted by Gasteiger charge is 2.36. The largest absolute Gasteiger partial charge is 0.497 e. The zero-order chi connectivity index (χ0) is 20.4. The van der Waals surface area contributed by atoms with Crippen LogP contribution >= 0.6 is 0 Å². The predicted molar refractivity (Wildman–Crippen MR) is 102 cm³/mol. The van der Waals surface area contributed by atoms with Gasteiger partial charge in [-0.05, 0) is 36.4 Å². The van der Waals surface area contributed by atoms with E-state index in [4.69, 9.17) is 9.26 Å². The Morgan fingerprint density at radius 1 is 1.07 bits per heavy atom. The van der Waals surface area contributed by atoms with Gasteiger partial charge >= 0.3 is 0 Å². The molecule has 2 heterocycles. The van der Waals surface area contributed by atoms with Crippen molar-refractivity contribution in [1.82, 2.24) is 15.4 Å². The van der Waals surface area contributed by atoms with Gasteiger partial charge in [-0.2, -0.15) is 0 Å². The standard InChI is InChI=1S/C21H17N3O5/c1-28-15-8-6-13(7-9-15)18-10-14(23-29-18)11-22-19(25)12-24-20(26)16-4-2-3-5-17(16)21(24)27/h2-10H,11-12H2,1H3,(H,22,25). The van der Waals surface area contributed by atoms with Crippen molar-refractivity contribution in [1.29, 1.82) is 0 Å². The molecule has 0 aliphatic carbocycles. The Morgan fingerprint density at radius 3 is 2.34 bits per heavy atom. The first-order valence-corrected chi connectivity index (χ1v) is 8.89. The number of hydrogen-bond donors (Lipinski definition) is 1. The molecule has 0 bridgehead atoms. The van der Waals surface area contributed by atoms with Gasteiger partial charge in [0.2, 0.25) is 5.91 Å². The molecule has 0 unspecified atom stereocenters. The van der Waals surface area contributed by atoms with Crippen LogP contribution < -0.4 is 10.1 Å². The van der Waals surface area contributed by atoms with Crippen LogP contribution in [0.2, 0.25) is 0 Å². The molecule has 0 spiro atoms. The van der Waals surface area contributed by atoms with Gasteiger partial charge in [0.15, 0.2) is 5.76 Å². The van der Waals surface area contributed by atoms with Crippen molar-refractivity contribution in [2.75, 3.05) is 13.7 Å². The lowest BCUT2D eigenvalue weighted by Crippen LogP contribution is -2.40. The van der Waals surface area contributed by atoms with Crippen molar-refractivity contribution in [3.63, 3.8) is 0 Å². The molecule has 1 aliphatic rings. The fourth-order valence-corrected chi connectivity index (χ4v) is 3.06. The lowest BCUT2D eigenvalue weighted by Gasteiger charge is -2.13. The molecule has 0 saturated carbocycles.